The number of hydrogen-bond acceptors (Lipinski definition) is 4. The first kappa shape index (κ1) is 15.7. The standard InChI is InChI=1S/C18H17N3O3/c1-21-11-15(10-19-21)17(22)20-16(18(23)24-2)14-8-7-12-5-3-4-6-13(12)9-14/h3-11,16H,1-2H3,(H,20,22)/t16-/m0/s1. The van der Waals surface area contributed by atoms with Crippen LogP contribution in [0.5, 0.6) is 0 Å². The van der Waals surface area contributed by atoms with Gasteiger partial charge in [0.1, 0.15) is 0 Å². The van der Waals surface area contributed by atoms with Crippen molar-refractivity contribution in [2.75, 3.05) is 7.11 Å². The van der Waals surface area contributed by atoms with E-state index >= 15 is 0 Å². The van der Waals surface area contributed by atoms with Crippen molar-refractivity contribution in [3.8, 4) is 0 Å². The van der Waals surface area contributed by atoms with E-state index in [1.165, 1.54) is 18.0 Å². The SMILES string of the molecule is COC(=O)[C@@H](NC(=O)c1cnn(C)c1)c1ccc2ccccc2c1. The van der Waals surface area contributed by atoms with Crippen LogP contribution in [-0.2, 0) is 16.6 Å². The van der Waals surface area contributed by atoms with Gasteiger partial charge in [0.15, 0.2) is 6.04 Å². The summed E-state index contributed by atoms with van der Waals surface area (Å²) in [5.41, 5.74) is 1.05. The number of methoxy groups -OCH3 is 1. The van der Waals surface area contributed by atoms with Crippen LogP contribution >= 0.6 is 0 Å². The van der Waals surface area contributed by atoms with Gasteiger partial charge in [-0.25, -0.2) is 4.79 Å². The Hall–Kier alpha value is -3.15. The van der Waals surface area contributed by atoms with E-state index in [0.29, 0.717) is 11.1 Å². The lowest BCUT2D eigenvalue weighted by Crippen LogP contribution is -2.34. The van der Waals surface area contributed by atoms with Gasteiger partial charge in [-0.05, 0) is 22.4 Å². The summed E-state index contributed by atoms with van der Waals surface area (Å²) in [4.78, 5) is 24.5. The number of esters is 1. The van der Waals surface area contributed by atoms with Gasteiger partial charge in [-0.2, -0.15) is 5.10 Å². The highest BCUT2D eigenvalue weighted by Gasteiger charge is 2.24. The van der Waals surface area contributed by atoms with Crippen molar-refractivity contribution in [2.45, 2.75) is 6.04 Å². The van der Waals surface area contributed by atoms with Crippen molar-refractivity contribution >= 4 is 22.6 Å². The van der Waals surface area contributed by atoms with Crippen molar-refractivity contribution in [2.24, 2.45) is 7.05 Å². The first-order chi connectivity index (χ1) is 11.6. The normalized spacial score (nSPS) is 11.9. The molecule has 1 aromatic heterocycles. The second-order valence-corrected chi connectivity index (χ2v) is 5.44. The summed E-state index contributed by atoms with van der Waals surface area (Å²) in [5.74, 6) is -0.908. The smallest absolute Gasteiger partial charge is 0.333 e. The van der Waals surface area contributed by atoms with E-state index in [1.54, 1.807) is 13.2 Å². The zero-order valence-electron chi connectivity index (χ0n) is 13.4. The fraction of sp³-hybridized carbons (Fsp3) is 0.167. The molecule has 122 valence electrons. The van der Waals surface area contributed by atoms with Gasteiger partial charge in [0, 0.05) is 13.2 Å². The van der Waals surface area contributed by atoms with E-state index in [4.69, 9.17) is 4.74 Å². The van der Waals surface area contributed by atoms with Gasteiger partial charge in [-0.15, -0.1) is 0 Å². The largest absolute Gasteiger partial charge is 0.467 e. The molecule has 3 rings (SSSR count). The minimum atomic E-state index is -0.882. The number of carbonyl (C=O) groups is 2. The molecule has 0 saturated carbocycles. The number of nitrogens with zero attached hydrogens (tertiary/aromatic N) is 2. The molecule has 3 aromatic rings. The maximum absolute atomic E-state index is 12.4. The Morgan fingerprint density at radius 1 is 1.17 bits per heavy atom. The van der Waals surface area contributed by atoms with Crippen molar-refractivity contribution in [3.63, 3.8) is 0 Å². The van der Waals surface area contributed by atoms with Crippen LogP contribution in [0.15, 0.2) is 54.9 Å². The van der Waals surface area contributed by atoms with Gasteiger partial charge in [0.25, 0.3) is 5.91 Å². The molecule has 2 aromatic carbocycles. The second kappa shape index (κ2) is 6.54. The third kappa shape index (κ3) is 3.12. The molecule has 0 saturated heterocycles. The number of amides is 1. The Balaban J connectivity index is 1.93. The van der Waals surface area contributed by atoms with Crippen LogP contribution in [0.2, 0.25) is 0 Å². The first-order valence-corrected chi connectivity index (χ1v) is 7.44. The summed E-state index contributed by atoms with van der Waals surface area (Å²) in [5, 5.41) is 8.72. The van der Waals surface area contributed by atoms with Crippen LogP contribution in [-0.4, -0.2) is 28.8 Å². The molecule has 0 bridgehead atoms. The minimum absolute atomic E-state index is 0.382. The fourth-order valence-corrected chi connectivity index (χ4v) is 2.54. The molecule has 0 fully saturated rings. The topological polar surface area (TPSA) is 73.2 Å². The van der Waals surface area contributed by atoms with Crippen molar-refractivity contribution in [1.29, 1.82) is 0 Å². The second-order valence-electron chi connectivity index (χ2n) is 5.44. The number of hydrogen-bond donors (Lipinski definition) is 1. The van der Waals surface area contributed by atoms with Crippen molar-refractivity contribution in [1.82, 2.24) is 15.1 Å². The number of carbonyl (C=O) groups excluding carboxylic acids is 2. The molecule has 0 radical (unpaired) electrons. The van der Waals surface area contributed by atoms with E-state index in [-0.39, 0.29) is 5.91 Å². The van der Waals surface area contributed by atoms with Crippen molar-refractivity contribution < 1.29 is 14.3 Å². The molecule has 1 amide bonds. The quantitative estimate of drug-likeness (QED) is 0.747. The third-order valence-electron chi connectivity index (χ3n) is 3.79. The molecule has 0 aliphatic heterocycles. The van der Waals surface area contributed by atoms with E-state index < -0.39 is 12.0 Å². The number of aromatic nitrogens is 2. The van der Waals surface area contributed by atoms with Crippen LogP contribution in [0.1, 0.15) is 22.0 Å². The van der Waals surface area contributed by atoms with Crippen LogP contribution in [0.25, 0.3) is 10.8 Å². The zero-order chi connectivity index (χ0) is 17.1. The van der Waals surface area contributed by atoms with Crippen LogP contribution in [0.4, 0.5) is 0 Å². The predicted octanol–water partition coefficient (Wildman–Crippen LogP) is 2.22. The summed E-state index contributed by atoms with van der Waals surface area (Å²) < 4.78 is 6.37. The minimum Gasteiger partial charge on any atom is -0.467 e. The Morgan fingerprint density at radius 2 is 1.92 bits per heavy atom. The molecule has 1 N–H and O–H groups in total. The summed E-state index contributed by atoms with van der Waals surface area (Å²) in [6, 6.07) is 12.5. The monoisotopic (exact) mass is 323 g/mol. The Kier molecular flexibility index (Phi) is 4.29. The van der Waals surface area contributed by atoms with Gasteiger partial charge in [0.2, 0.25) is 0 Å². The molecule has 0 aliphatic carbocycles. The molecule has 6 nitrogen and oxygen atoms in total. The summed E-state index contributed by atoms with van der Waals surface area (Å²) in [6.07, 6.45) is 3.04. The van der Waals surface area contributed by atoms with E-state index in [2.05, 4.69) is 10.4 Å². The maximum atomic E-state index is 12.4. The number of nitrogens with one attached hydrogen (secondary N) is 1. The maximum Gasteiger partial charge on any atom is 0.333 e. The fourth-order valence-electron chi connectivity index (χ4n) is 2.54. The summed E-state index contributed by atoms with van der Waals surface area (Å²) in [6.45, 7) is 0. The number of aryl methyl sites for hydroxylation is 1. The lowest BCUT2D eigenvalue weighted by atomic mass is 10.0. The molecular formula is C18H17N3O3. The molecule has 0 spiro atoms. The Labute approximate surface area is 139 Å². The highest BCUT2D eigenvalue weighted by atomic mass is 16.5. The predicted molar refractivity (Wildman–Crippen MR) is 89.4 cm³/mol. The number of ether oxygens (including phenoxy) is 1. The molecule has 1 heterocycles. The highest BCUT2D eigenvalue weighted by Crippen LogP contribution is 2.22. The number of fused-ring (bicyclic) bond motifs is 1. The van der Waals surface area contributed by atoms with Gasteiger partial charge < -0.3 is 10.1 Å². The van der Waals surface area contributed by atoms with E-state index in [0.717, 1.165) is 10.8 Å². The molecule has 0 aliphatic rings. The molecule has 24 heavy (non-hydrogen) atoms. The molecule has 1 atom stereocenters. The number of rotatable bonds is 4. The van der Waals surface area contributed by atoms with Crippen molar-refractivity contribution in [3.05, 3.63) is 66.0 Å². The van der Waals surface area contributed by atoms with Crippen LogP contribution in [0.3, 0.4) is 0 Å². The lowest BCUT2D eigenvalue weighted by molar-refractivity contribution is -0.143. The average molecular weight is 323 g/mol. The zero-order valence-corrected chi connectivity index (χ0v) is 13.4. The van der Waals surface area contributed by atoms with Crippen LogP contribution < -0.4 is 5.32 Å². The first-order valence-electron chi connectivity index (χ1n) is 7.44. The third-order valence-corrected chi connectivity index (χ3v) is 3.79. The average Bonchev–Trinajstić information content (AvgIpc) is 3.05. The molecular weight excluding hydrogens is 306 g/mol. The van der Waals surface area contributed by atoms with Gasteiger partial charge in [-0.1, -0.05) is 36.4 Å². The van der Waals surface area contributed by atoms with Gasteiger partial charge >= 0.3 is 5.97 Å². The molecule has 0 unspecified atom stereocenters. The summed E-state index contributed by atoms with van der Waals surface area (Å²) in [7, 11) is 3.02. The van der Waals surface area contributed by atoms with Gasteiger partial charge in [0.05, 0.1) is 18.9 Å². The molecule has 6 heteroatoms. The lowest BCUT2D eigenvalue weighted by Gasteiger charge is -2.17. The van der Waals surface area contributed by atoms with Gasteiger partial charge in [-0.3, -0.25) is 9.48 Å². The van der Waals surface area contributed by atoms with E-state index in [9.17, 15) is 9.59 Å². The Morgan fingerprint density at radius 3 is 2.58 bits per heavy atom. The van der Waals surface area contributed by atoms with Crippen LogP contribution in [0, 0.1) is 0 Å². The number of benzene rings is 2. The summed E-state index contributed by atoms with van der Waals surface area (Å²) >= 11 is 0. The highest BCUT2D eigenvalue weighted by molar-refractivity contribution is 5.97. The Bertz CT molecular complexity index is 901. The van der Waals surface area contributed by atoms with E-state index in [1.807, 2.05) is 42.5 Å².